The van der Waals surface area contributed by atoms with Gasteiger partial charge in [0.2, 0.25) is 5.91 Å². The summed E-state index contributed by atoms with van der Waals surface area (Å²) in [6.07, 6.45) is 2.20. The normalized spacial score (nSPS) is 12.6. The molecule has 0 spiro atoms. The van der Waals surface area contributed by atoms with Crippen molar-refractivity contribution in [1.29, 1.82) is 0 Å². The molecule has 1 atom stereocenters. The van der Waals surface area contributed by atoms with Crippen LogP contribution in [0.2, 0.25) is 0 Å². The molecule has 0 aliphatic rings. The summed E-state index contributed by atoms with van der Waals surface area (Å²) in [5.74, 6) is 0.00514. The van der Waals surface area contributed by atoms with Gasteiger partial charge in [-0.1, -0.05) is 19.1 Å². The Morgan fingerprint density at radius 3 is 3.11 bits per heavy atom. The number of hydrogen-bond donors (Lipinski definition) is 3. The van der Waals surface area contributed by atoms with Crippen molar-refractivity contribution >= 4 is 22.5 Å². The Morgan fingerprint density at radius 1 is 1.50 bits per heavy atom. The number of amides is 1. The molecule has 2 rings (SSSR count). The number of para-hydroxylation sites is 1. The molecule has 0 aliphatic carbocycles. The maximum absolute atomic E-state index is 11.9. The number of rotatable bonds is 5. The first-order valence-corrected chi connectivity index (χ1v) is 6.16. The van der Waals surface area contributed by atoms with Crippen molar-refractivity contribution < 1.29 is 4.79 Å². The first-order chi connectivity index (χ1) is 8.70. The van der Waals surface area contributed by atoms with Crippen LogP contribution in [0.15, 0.2) is 24.4 Å². The standard InChI is InChI=1S/C13H18N4O/c1-3-14-9(2)7-12(18)16-11-6-4-5-10-8-15-17-13(10)11/h4-6,8-9,14H,3,7H2,1-2H3,(H,15,17)(H,16,18). The molecular weight excluding hydrogens is 228 g/mol. The Balaban J connectivity index is 2.05. The summed E-state index contributed by atoms with van der Waals surface area (Å²) in [5, 5.41) is 14.0. The summed E-state index contributed by atoms with van der Waals surface area (Å²) in [7, 11) is 0. The molecule has 2 aromatic rings. The molecule has 1 unspecified atom stereocenters. The molecule has 0 fully saturated rings. The minimum absolute atomic E-state index is 0.00514. The van der Waals surface area contributed by atoms with Crippen molar-refractivity contribution in [2.75, 3.05) is 11.9 Å². The summed E-state index contributed by atoms with van der Waals surface area (Å²) in [4.78, 5) is 11.9. The van der Waals surface area contributed by atoms with Gasteiger partial charge in [-0.3, -0.25) is 9.89 Å². The highest BCUT2D eigenvalue weighted by Crippen LogP contribution is 2.20. The highest BCUT2D eigenvalue weighted by Gasteiger charge is 2.10. The van der Waals surface area contributed by atoms with Gasteiger partial charge in [-0.2, -0.15) is 5.10 Å². The van der Waals surface area contributed by atoms with E-state index < -0.39 is 0 Å². The fourth-order valence-electron chi connectivity index (χ4n) is 1.97. The minimum Gasteiger partial charge on any atom is -0.324 e. The first kappa shape index (κ1) is 12.6. The summed E-state index contributed by atoms with van der Waals surface area (Å²) >= 11 is 0. The van der Waals surface area contributed by atoms with E-state index in [1.165, 1.54) is 0 Å². The summed E-state index contributed by atoms with van der Waals surface area (Å²) in [6.45, 7) is 4.89. The minimum atomic E-state index is 0.00514. The third-order valence-corrected chi connectivity index (χ3v) is 2.79. The second-order valence-corrected chi connectivity index (χ2v) is 4.35. The van der Waals surface area contributed by atoms with E-state index in [2.05, 4.69) is 20.8 Å². The molecule has 1 aromatic heterocycles. The second-order valence-electron chi connectivity index (χ2n) is 4.35. The van der Waals surface area contributed by atoms with Crippen LogP contribution in [0.4, 0.5) is 5.69 Å². The van der Waals surface area contributed by atoms with Crippen LogP contribution in [-0.2, 0) is 4.79 Å². The van der Waals surface area contributed by atoms with E-state index in [1.807, 2.05) is 32.0 Å². The topological polar surface area (TPSA) is 69.8 Å². The highest BCUT2D eigenvalue weighted by atomic mass is 16.1. The number of nitrogens with one attached hydrogen (secondary N) is 3. The Bertz CT molecular complexity index is 535. The van der Waals surface area contributed by atoms with Gasteiger partial charge in [-0.25, -0.2) is 0 Å². The number of carbonyl (C=O) groups is 1. The van der Waals surface area contributed by atoms with Crippen molar-refractivity contribution in [1.82, 2.24) is 15.5 Å². The number of hydrogen-bond acceptors (Lipinski definition) is 3. The molecule has 5 nitrogen and oxygen atoms in total. The van der Waals surface area contributed by atoms with Crippen LogP contribution >= 0.6 is 0 Å². The average molecular weight is 246 g/mol. The zero-order valence-corrected chi connectivity index (χ0v) is 10.7. The maximum Gasteiger partial charge on any atom is 0.225 e. The molecule has 1 aromatic carbocycles. The number of aromatic amines is 1. The van der Waals surface area contributed by atoms with E-state index in [0.717, 1.165) is 23.1 Å². The smallest absolute Gasteiger partial charge is 0.225 e. The van der Waals surface area contributed by atoms with Crippen molar-refractivity contribution in [3.63, 3.8) is 0 Å². The Morgan fingerprint density at radius 2 is 2.33 bits per heavy atom. The number of H-pyrrole nitrogens is 1. The zero-order chi connectivity index (χ0) is 13.0. The summed E-state index contributed by atoms with van der Waals surface area (Å²) < 4.78 is 0. The van der Waals surface area contributed by atoms with Crippen LogP contribution in [0.5, 0.6) is 0 Å². The molecule has 1 heterocycles. The van der Waals surface area contributed by atoms with E-state index in [4.69, 9.17) is 0 Å². The Labute approximate surface area is 106 Å². The largest absolute Gasteiger partial charge is 0.324 e. The third-order valence-electron chi connectivity index (χ3n) is 2.79. The zero-order valence-electron chi connectivity index (χ0n) is 10.7. The van der Waals surface area contributed by atoms with Gasteiger partial charge in [0.15, 0.2) is 0 Å². The van der Waals surface area contributed by atoms with Crippen molar-refractivity contribution in [3.05, 3.63) is 24.4 Å². The average Bonchev–Trinajstić information content (AvgIpc) is 2.78. The Kier molecular flexibility index (Phi) is 3.94. The van der Waals surface area contributed by atoms with Gasteiger partial charge in [0, 0.05) is 17.8 Å². The Hall–Kier alpha value is -1.88. The van der Waals surface area contributed by atoms with Gasteiger partial charge in [0.05, 0.1) is 17.4 Å². The molecule has 96 valence electrons. The molecule has 1 amide bonds. The van der Waals surface area contributed by atoms with Crippen LogP contribution in [0.1, 0.15) is 20.3 Å². The number of benzene rings is 1. The van der Waals surface area contributed by atoms with Crippen molar-refractivity contribution in [2.24, 2.45) is 0 Å². The molecular formula is C13H18N4O. The van der Waals surface area contributed by atoms with Crippen LogP contribution in [0, 0.1) is 0 Å². The SMILES string of the molecule is CCNC(C)CC(=O)Nc1cccc2cn[nH]c12. The van der Waals surface area contributed by atoms with Crippen LogP contribution in [0.25, 0.3) is 10.9 Å². The predicted molar refractivity (Wildman–Crippen MR) is 72.5 cm³/mol. The molecule has 3 N–H and O–H groups in total. The van der Waals surface area contributed by atoms with E-state index in [-0.39, 0.29) is 11.9 Å². The van der Waals surface area contributed by atoms with E-state index in [9.17, 15) is 4.79 Å². The van der Waals surface area contributed by atoms with Crippen molar-refractivity contribution in [2.45, 2.75) is 26.3 Å². The lowest BCUT2D eigenvalue weighted by atomic mass is 10.2. The third kappa shape index (κ3) is 2.87. The lowest BCUT2D eigenvalue weighted by Crippen LogP contribution is -2.30. The van der Waals surface area contributed by atoms with Crippen LogP contribution in [-0.4, -0.2) is 28.7 Å². The van der Waals surface area contributed by atoms with E-state index in [1.54, 1.807) is 6.20 Å². The number of anilines is 1. The van der Waals surface area contributed by atoms with Gasteiger partial charge >= 0.3 is 0 Å². The summed E-state index contributed by atoms with van der Waals surface area (Å²) in [5.41, 5.74) is 1.64. The molecule has 0 aliphatic heterocycles. The van der Waals surface area contributed by atoms with Gasteiger partial charge in [-0.05, 0) is 19.5 Å². The molecule has 0 saturated heterocycles. The molecule has 0 saturated carbocycles. The first-order valence-electron chi connectivity index (χ1n) is 6.16. The van der Waals surface area contributed by atoms with Gasteiger partial charge in [0.1, 0.15) is 0 Å². The van der Waals surface area contributed by atoms with Gasteiger partial charge in [-0.15, -0.1) is 0 Å². The quantitative estimate of drug-likeness (QED) is 0.754. The number of fused-ring (bicyclic) bond motifs is 1. The van der Waals surface area contributed by atoms with Crippen LogP contribution < -0.4 is 10.6 Å². The second kappa shape index (κ2) is 5.64. The highest BCUT2D eigenvalue weighted by molar-refractivity contribution is 6.00. The van der Waals surface area contributed by atoms with E-state index in [0.29, 0.717) is 6.42 Å². The molecule has 18 heavy (non-hydrogen) atoms. The number of nitrogens with zero attached hydrogens (tertiary/aromatic N) is 1. The fraction of sp³-hybridized carbons (Fsp3) is 0.385. The molecule has 5 heteroatoms. The molecule has 0 radical (unpaired) electrons. The lowest BCUT2D eigenvalue weighted by molar-refractivity contribution is -0.116. The number of aromatic nitrogens is 2. The van der Waals surface area contributed by atoms with Crippen LogP contribution in [0.3, 0.4) is 0 Å². The van der Waals surface area contributed by atoms with E-state index >= 15 is 0 Å². The monoisotopic (exact) mass is 246 g/mol. The summed E-state index contributed by atoms with van der Waals surface area (Å²) in [6, 6.07) is 5.91. The predicted octanol–water partition coefficient (Wildman–Crippen LogP) is 1.89. The number of carbonyl (C=O) groups excluding carboxylic acids is 1. The fourth-order valence-corrected chi connectivity index (χ4v) is 1.97. The van der Waals surface area contributed by atoms with Gasteiger partial charge in [0.25, 0.3) is 0 Å². The molecule has 0 bridgehead atoms. The maximum atomic E-state index is 11.9. The lowest BCUT2D eigenvalue weighted by Gasteiger charge is -2.12. The van der Waals surface area contributed by atoms with Crippen molar-refractivity contribution in [3.8, 4) is 0 Å². The van der Waals surface area contributed by atoms with Gasteiger partial charge < -0.3 is 10.6 Å².